The van der Waals surface area contributed by atoms with Crippen LogP contribution in [0.25, 0.3) is 0 Å². The summed E-state index contributed by atoms with van der Waals surface area (Å²) in [6.45, 7) is 4.67. The van der Waals surface area contributed by atoms with Crippen molar-refractivity contribution in [3.63, 3.8) is 0 Å². The molecule has 0 aliphatic heterocycles. The predicted molar refractivity (Wildman–Crippen MR) is 79.6 cm³/mol. The van der Waals surface area contributed by atoms with E-state index in [4.69, 9.17) is 10.5 Å². The maximum absolute atomic E-state index is 13.5. The molecule has 0 fully saturated rings. The number of ether oxygens (including phenoxy) is 2. The van der Waals surface area contributed by atoms with Crippen LogP contribution in [0.5, 0.6) is 5.75 Å². The van der Waals surface area contributed by atoms with Crippen LogP contribution in [0.3, 0.4) is 0 Å². The Hall–Kier alpha value is -2.09. The van der Waals surface area contributed by atoms with Gasteiger partial charge in [0.1, 0.15) is 5.82 Å². The number of benzene rings is 1. The topological polar surface area (TPSA) is 78.6 Å². The number of hydrogen-bond donors (Lipinski definition) is 1. The van der Waals surface area contributed by atoms with Crippen LogP contribution < -0.4 is 10.5 Å². The van der Waals surface area contributed by atoms with E-state index in [-0.39, 0.29) is 6.54 Å². The average Bonchev–Trinajstić information content (AvgIpc) is 2.50. The molecule has 0 amide bonds. The lowest BCUT2D eigenvalue weighted by molar-refractivity contribution is -0.168. The van der Waals surface area contributed by atoms with E-state index in [1.54, 1.807) is 6.92 Å². The maximum atomic E-state index is 13.5. The molecule has 0 heterocycles. The zero-order chi connectivity index (χ0) is 18.5. The molecule has 0 aromatic heterocycles. The van der Waals surface area contributed by atoms with Crippen molar-refractivity contribution < 1.29 is 32.2 Å². The Bertz CT molecular complexity index is 600. The SMILES string of the molecule is CCCC(C)(CN)C(=O)OC(C)C(=O)Oc1c(F)cc(F)cc1F. The molecule has 5 nitrogen and oxygen atoms in total. The van der Waals surface area contributed by atoms with E-state index < -0.39 is 46.7 Å². The first-order chi connectivity index (χ1) is 11.1. The fourth-order valence-corrected chi connectivity index (χ4v) is 2.00. The molecule has 0 saturated heterocycles. The number of nitrogens with two attached hydrogens (primary N) is 1. The summed E-state index contributed by atoms with van der Waals surface area (Å²) >= 11 is 0. The van der Waals surface area contributed by atoms with Crippen molar-refractivity contribution in [3.8, 4) is 5.75 Å². The number of esters is 2. The number of rotatable bonds is 7. The first kappa shape index (κ1) is 20.0. The normalized spacial score (nSPS) is 14.6. The number of hydrogen-bond acceptors (Lipinski definition) is 5. The Balaban J connectivity index is 2.81. The summed E-state index contributed by atoms with van der Waals surface area (Å²) in [4.78, 5) is 24.0. The van der Waals surface area contributed by atoms with E-state index in [0.29, 0.717) is 25.0 Å². The second-order valence-corrected chi connectivity index (χ2v) is 5.68. The predicted octanol–water partition coefficient (Wildman–Crippen LogP) is 2.71. The summed E-state index contributed by atoms with van der Waals surface area (Å²) in [5.41, 5.74) is 4.60. The van der Waals surface area contributed by atoms with Gasteiger partial charge >= 0.3 is 11.9 Å². The summed E-state index contributed by atoms with van der Waals surface area (Å²) in [6.07, 6.45) is -0.289. The molecule has 0 spiro atoms. The molecular weight excluding hydrogens is 327 g/mol. The first-order valence-corrected chi connectivity index (χ1v) is 7.42. The maximum Gasteiger partial charge on any atom is 0.352 e. The van der Waals surface area contributed by atoms with Gasteiger partial charge < -0.3 is 15.2 Å². The lowest BCUT2D eigenvalue weighted by Gasteiger charge is -2.26. The highest BCUT2D eigenvalue weighted by molar-refractivity contribution is 5.83. The molecular formula is C16H20F3NO4. The lowest BCUT2D eigenvalue weighted by Crippen LogP contribution is -2.40. The van der Waals surface area contributed by atoms with Crippen molar-refractivity contribution in [2.24, 2.45) is 11.1 Å². The van der Waals surface area contributed by atoms with E-state index in [0.717, 1.165) is 0 Å². The van der Waals surface area contributed by atoms with Gasteiger partial charge in [0.15, 0.2) is 17.7 Å². The van der Waals surface area contributed by atoms with Crippen molar-refractivity contribution in [1.82, 2.24) is 0 Å². The Morgan fingerprint density at radius 3 is 2.25 bits per heavy atom. The van der Waals surface area contributed by atoms with Gasteiger partial charge in [-0.05, 0) is 20.3 Å². The van der Waals surface area contributed by atoms with Gasteiger partial charge in [-0.2, -0.15) is 0 Å². The highest BCUT2D eigenvalue weighted by Gasteiger charge is 2.35. The van der Waals surface area contributed by atoms with E-state index in [2.05, 4.69) is 4.74 Å². The smallest absolute Gasteiger partial charge is 0.352 e. The van der Waals surface area contributed by atoms with Gasteiger partial charge in [-0.25, -0.2) is 18.0 Å². The quantitative estimate of drug-likeness (QED) is 0.606. The van der Waals surface area contributed by atoms with Crippen LogP contribution in [0.4, 0.5) is 13.2 Å². The third-order valence-electron chi connectivity index (χ3n) is 3.53. The summed E-state index contributed by atoms with van der Waals surface area (Å²) in [5, 5.41) is 0. The van der Waals surface area contributed by atoms with Crippen molar-refractivity contribution in [2.45, 2.75) is 39.7 Å². The van der Waals surface area contributed by atoms with Crippen LogP contribution in [-0.2, 0) is 14.3 Å². The van der Waals surface area contributed by atoms with Gasteiger partial charge in [0.25, 0.3) is 0 Å². The van der Waals surface area contributed by atoms with Crippen molar-refractivity contribution in [3.05, 3.63) is 29.6 Å². The molecule has 0 aliphatic rings. The number of halogens is 3. The minimum Gasteiger partial charge on any atom is -0.450 e. The molecule has 0 bridgehead atoms. The summed E-state index contributed by atoms with van der Waals surface area (Å²) < 4.78 is 49.3. The van der Waals surface area contributed by atoms with Gasteiger partial charge in [-0.15, -0.1) is 0 Å². The second kappa shape index (κ2) is 8.14. The first-order valence-electron chi connectivity index (χ1n) is 7.42. The van der Waals surface area contributed by atoms with Crippen molar-refractivity contribution >= 4 is 11.9 Å². The standard InChI is InChI=1S/C16H20F3NO4/c1-4-5-16(3,8-20)15(22)23-9(2)14(21)24-13-11(18)6-10(17)7-12(13)19/h6-7,9H,4-5,8,20H2,1-3H3. The molecule has 1 aromatic rings. The average molecular weight is 347 g/mol. The Morgan fingerprint density at radius 2 is 1.79 bits per heavy atom. The van der Waals surface area contributed by atoms with Gasteiger partial charge in [-0.3, -0.25) is 4.79 Å². The monoisotopic (exact) mass is 347 g/mol. The molecule has 0 aliphatic carbocycles. The summed E-state index contributed by atoms with van der Waals surface area (Å²) in [5.74, 6) is -6.86. The highest BCUT2D eigenvalue weighted by Crippen LogP contribution is 2.26. The zero-order valence-electron chi connectivity index (χ0n) is 13.7. The zero-order valence-corrected chi connectivity index (χ0v) is 13.7. The molecule has 8 heteroatoms. The molecule has 2 unspecified atom stereocenters. The van der Waals surface area contributed by atoms with Crippen LogP contribution in [0.2, 0.25) is 0 Å². The van der Waals surface area contributed by atoms with Gasteiger partial charge in [0.05, 0.1) is 5.41 Å². The van der Waals surface area contributed by atoms with E-state index >= 15 is 0 Å². The van der Waals surface area contributed by atoms with Gasteiger partial charge in [0.2, 0.25) is 5.75 Å². The Labute approximate surface area is 137 Å². The van der Waals surface area contributed by atoms with Crippen molar-refractivity contribution in [1.29, 1.82) is 0 Å². The van der Waals surface area contributed by atoms with Crippen molar-refractivity contribution in [2.75, 3.05) is 6.54 Å². The molecule has 0 radical (unpaired) electrons. The fraction of sp³-hybridized carbons (Fsp3) is 0.500. The third-order valence-corrected chi connectivity index (χ3v) is 3.53. The van der Waals surface area contributed by atoms with Crippen LogP contribution in [0.15, 0.2) is 12.1 Å². The Morgan fingerprint density at radius 1 is 1.25 bits per heavy atom. The molecule has 134 valence electrons. The Kier molecular flexibility index (Phi) is 6.77. The fourth-order valence-electron chi connectivity index (χ4n) is 2.00. The van der Waals surface area contributed by atoms with E-state index in [9.17, 15) is 22.8 Å². The molecule has 1 aromatic carbocycles. The molecule has 24 heavy (non-hydrogen) atoms. The summed E-state index contributed by atoms with van der Waals surface area (Å²) in [6, 6.07) is 0.740. The third kappa shape index (κ3) is 4.70. The van der Waals surface area contributed by atoms with Gasteiger partial charge in [0, 0.05) is 18.7 Å². The van der Waals surface area contributed by atoms with Crippen LogP contribution in [0, 0.1) is 22.9 Å². The molecule has 2 N–H and O–H groups in total. The van der Waals surface area contributed by atoms with Gasteiger partial charge in [-0.1, -0.05) is 13.3 Å². The molecule has 2 atom stereocenters. The van der Waals surface area contributed by atoms with E-state index in [1.165, 1.54) is 6.92 Å². The van der Waals surface area contributed by atoms with E-state index in [1.807, 2.05) is 6.92 Å². The van der Waals surface area contributed by atoms with Crippen LogP contribution in [-0.4, -0.2) is 24.6 Å². The lowest BCUT2D eigenvalue weighted by atomic mass is 9.86. The van der Waals surface area contributed by atoms with Crippen LogP contribution >= 0.6 is 0 Å². The summed E-state index contributed by atoms with van der Waals surface area (Å²) in [7, 11) is 0. The number of carbonyl (C=O) groups is 2. The molecule has 1 rings (SSSR count). The number of carbonyl (C=O) groups excluding carboxylic acids is 2. The highest BCUT2D eigenvalue weighted by atomic mass is 19.1. The largest absolute Gasteiger partial charge is 0.450 e. The molecule has 0 saturated carbocycles. The second-order valence-electron chi connectivity index (χ2n) is 5.68. The minimum atomic E-state index is -1.41. The van der Waals surface area contributed by atoms with Crippen LogP contribution in [0.1, 0.15) is 33.6 Å². The minimum absolute atomic E-state index is 0.0165.